The van der Waals surface area contributed by atoms with Gasteiger partial charge in [-0.25, -0.2) is 4.39 Å². The SMILES string of the molecule is CC1(C)CCCC1C(=O)Nc1cc(N)ccc1F. The molecule has 2 rings (SSSR count). The number of nitrogens with one attached hydrogen (secondary N) is 1. The lowest BCUT2D eigenvalue weighted by Crippen LogP contribution is -2.31. The molecule has 1 unspecified atom stereocenters. The summed E-state index contributed by atoms with van der Waals surface area (Å²) in [6.45, 7) is 4.17. The Labute approximate surface area is 107 Å². The molecule has 98 valence electrons. The monoisotopic (exact) mass is 250 g/mol. The molecule has 0 bridgehead atoms. The van der Waals surface area contributed by atoms with Gasteiger partial charge >= 0.3 is 0 Å². The average Bonchev–Trinajstić information content (AvgIpc) is 2.63. The van der Waals surface area contributed by atoms with Crippen LogP contribution in [0.5, 0.6) is 0 Å². The van der Waals surface area contributed by atoms with Gasteiger partial charge in [0.15, 0.2) is 0 Å². The summed E-state index contributed by atoms with van der Waals surface area (Å²) in [5.41, 5.74) is 6.19. The zero-order valence-corrected chi connectivity index (χ0v) is 10.8. The molecule has 0 aromatic heterocycles. The van der Waals surface area contributed by atoms with Crippen LogP contribution in [0.15, 0.2) is 18.2 Å². The minimum Gasteiger partial charge on any atom is -0.399 e. The van der Waals surface area contributed by atoms with Crippen molar-refractivity contribution >= 4 is 17.3 Å². The Kier molecular flexibility index (Phi) is 3.28. The number of anilines is 2. The predicted molar refractivity (Wildman–Crippen MR) is 70.6 cm³/mol. The van der Waals surface area contributed by atoms with Crippen LogP contribution in [0, 0.1) is 17.2 Å². The van der Waals surface area contributed by atoms with E-state index >= 15 is 0 Å². The Bertz CT molecular complexity index is 471. The number of carbonyl (C=O) groups is 1. The van der Waals surface area contributed by atoms with Crippen molar-refractivity contribution < 1.29 is 9.18 Å². The van der Waals surface area contributed by atoms with Crippen molar-refractivity contribution in [3.63, 3.8) is 0 Å². The van der Waals surface area contributed by atoms with Crippen molar-refractivity contribution in [3.8, 4) is 0 Å². The second-order valence-corrected chi connectivity index (χ2v) is 5.66. The summed E-state index contributed by atoms with van der Waals surface area (Å²) < 4.78 is 13.5. The first kappa shape index (κ1) is 12.9. The van der Waals surface area contributed by atoms with Gasteiger partial charge in [0.1, 0.15) is 5.82 Å². The summed E-state index contributed by atoms with van der Waals surface area (Å²) >= 11 is 0. The molecule has 1 saturated carbocycles. The summed E-state index contributed by atoms with van der Waals surface area (Å²) in [5.74, 6) is -0.617. The van der Waals surface area contributed by atoms with E-state index in [0.717, 1.165) is 19.3 Å². The van der Waals surface area contributed by atoms with Gasteiger partial charge in [-0.3, -0.25) is 4.79 Å². The van der Waals surface area contributed by atoms with Gasteiger partial charge in [0, 0.05) is 11.6 Å². The Hall–Kier alpha value is -1.58. The number of nitrogen functional groups attached to an aromatic ring is 1. The maximum absolute atomic E-state index is 13.5. The number of hydrogen-bond acceptors (Lipinski definition) is 2. The molecule has 1 fully saturated rings. The zero-order chi connectivity index (χ0) is 13.3. The molecule has 3 N–H and O–H groups in total. The van der Waals surface area contributed by atoms with E-state index in [-0.39, 0.29) is 22.9 Å². The molecule has 1 aliphatic rings. The fraction of sp³-hybridized carbons (Fsp3) is 0.500. The molecule has 0 spiro atoms. The molecule has 1 amide bonds. The van der Waals surface area contributed by atoms with E-state index in [9.17, 15) is 9.18 Å². The molecule has 1 aromatic carbocycles. The molecule has 0 saturated heterocycles. The summed E-state index contributed by atoms with van der Waals surface area (Å²) in [6.07, 6.45) is 2.94. The van der Waals surface area contributed by atoms with Crippen LogP contribution >= 0.6 is 0 Å². The number of amides is 1. The van der Waals surface area contributed by atoms with Crippen molar-refractivity contribution in [2.24, 2.45) is 11.3 Å². The van der Waals surface area contributed by atoms with Crippen molar-refractivity contribution in [1.82, 2.24) is 0 Å². The van der Waals surface area contributed by atoms with Crippen molar-refractivity contribution in [1.29, 1.82) is 0 Å². The van der Waals surface area contributed by atoms with E-state index < -0.39 is 5.82 Å². The van der Waals surface area contributed by atoms with Crippen LogP contribution in [0.3, 0.4) is 0 Å². The number of hydrogen-bond donors (Lipinski definition) is 2. The third-order valence-corrected chi connectivity index (χ3v) is 3.82. The standard InChI is InChI=1S/C14H19FN2O/c1-14(2)7-3-4-10(14)13(18)17-12-8-9(16)5-6-11(12)15/h5-6,8,10H,3-4,7,16H2,1-2H3,(H,17,18). The third kappa shape index (κ3) is 2.47. The molecule has 0 radical (unpaired) electrons. The average molecular weight is 250 g/mol. The highest BCUT2D eigenvalue weighted by Crippen LogP contribution is 2.43. The van der Waals surface area contributed by atoms with Crippen LogP contribution < -0.4 is 11.1 Å². The highest BCUT2D eigenvalue weighted by atomic mass is 19.1. The molecule has 1 atom stereocenters. The molecule has 4 heteroatoms. The number of benzene rings is 1. The molecule has 1 aliphatic carbocycles. The van der Waals surface area contributed by atoms with Gasteiger partial charge in [-0.15, -0.1) is 0 Å². The van der Waals surface area contributed by atoms with Crippen molar-refractivity contribution in [3.05, 3.63) is 24.0 Å². The van der Waals surface area contributed by atoms with Crippen LogP contribution in [0.25, 0.3) is 0 Å². The molecular formula is C14H19FN2O. The van der Waals surface area contributed by atoms with Crippen LogP contribution in [0.1, 0.15) is 33.1 Å². The number of nitrogens with two attached hydrogens (primary N) is 1. The van der Waals surface area contributed by atoms with Gasteiger partial charge in [0.2, 0.25) is 5.91 Å². The first-order valence-electron chi connectivity index (χ1n) is 6.26. The Morgan fingerprint density at radius 3 is 2.83 bits per heavy atom. The maximum Gasteiger partial charge on any atom is 0.228 e. The number of rotatable bonds is 2. The van der Waals surface area contributed by atoms with E-state index in [2.05, 4.69) is 19.2 Å². The first-order chi connectivity index (χ1) is 8.40. The molecule has 18 heavy (non-hydrogen) atoms. The molecule has 0 aliphatic heterocycles. The van der Waals surface area contributed by atoms with E-state index in [4.69, 9.17) is 5.73 Å². The third-order valence-electron chi connectivity index (χ3n) is 3.82. The topological polar surface area (TPSA) is 55.1 Å². The van der Waals surface area contributed by atoms with E-state index in [1.807, 2.05) is 0 Å². The van der Waals surface area contributed by atoms with Crippen LogP contribution in [0.2, 0.25) is 0 Å². The predicted octanol–water partition coefficient (Wildman–Crippen LogP) is 3.17. The van der Waals surface area contributed by atoms with Gasteiger partial charge < -0.3 is 11.1 Å². The number of carbonyl (C=O) groups excluding carboxylic acids is 1. The van der Waals surface area contributed by atoms with Crippen LogP contribution in [-0.4, -0.2) is 5.91 Å². The lowest BCUT2D eigenvalue weighted by Gasteiger charge is -2.25. The maximum atomic E-state index is 13.5. The number of halogens is 1. The summed E-state index contributed by atoms with van der Waals surface area (Å²) in [5, 5.41) is 2.65. The van der Waals surface area contributed by atoms with Gasteiger partial charge in [0.25, 0.3) is 0 Å². The molecule has 0 heterocycles. The van der Waals surface area contributed by atoms with Gasteiger partial charge in [-0.2, -0.15) is 0 Å². The second-order valence-electron chi connectivity index (χ2n) is 5.66. The summed E-state index contributed by atoms with van der Waals surface area (Å²) in [7, 11) is 0. The normalized spacial score (nSPS) is 21.8. The van der Waals surface area contributed by atoms with Crippen molar-refractivity contribution in [2.75, 3.05) is 11.1 Å². The van der Waals surface area contributed by atoms with E-state index in [1.54, 1.807) is 0 Å². The minimum absolute atomic E-state index is 0.0130. The Morgan fingerprint density at radius 1 is 1.50 bits per heavy atom. The molecular weight excluding hydrogens is 231 g/mol. The second kappa shape index (κ2) is 4.59. The van der Waals surface area contributed by atoms with Crippen molar-refractivity contribution in [2.45, 2.75) is 33.1 Å². The zero-order valence-electron chi connectivity index (χ0n) is 10.8. The van der Waals surface area contributed by atoms with Gasteiger partial charge in [-0.05, 0) is 36.5 Å². The van der Waals surface area contributed by atoms with E-state index in [1.165, 1.54) is 18.2 Å². The summed E-state index contributed by atoms with van der Waals surface area (Å²) in [4.78, 5) is 12.2. The van der Waals surface area contributed by atoms with Crippen LogP contribution in [-0.2, 0) is 4.79 Å². The van der Waals surface area contributed by atoms with Gasteiger partial charge in [0.05, 0.1) is 5.69 Å². The summed E-state index contributed by atoms with van der Waals surface area (Å²) in [6, 6.07) is 4.20. The smallest absolute Gasteiger partial charge is 0.228 e. The van der Waals surface area contributed by atoms with E-state index in [0.29, 0.717) is 5.69 Å². The van der Waals surface area contributed by atoms with Gasteiger partial charge in [-0.1, -0.05) is 20.3 Å². The lowest BCUT2D eigenvalue weighted by molar-refractivity contribution is -0.122. The fourth-order valence-electron chi connectivity index (χ4n) is 2.67. The van der Waals surface area contributed by atoms with Crippen LogP contribution in [0.4, 0.5) is 15.8 Å². The minimum atomic E-state index is -0.451. The molecule has 3 nitrogen and oxygen atoms in total. The first-order valence-corrected chi connectivity index (χ1v) is 6.26. The quantitative estimate of drug-likeness (QED) is 0.792. The fourth-order valence-corrected chi connectivity index (χ4v) is 2.67. The highest BCUT2D eigenvalue weighted by molar-refractivity contribution is 5.93. The lowest BCUT2D eigenvalue weighted by atomic mass is 9.81. The Balaban J connectivity index is 2.14. The Morgan fingerprint density at radius 2 is 2.22 bits per heavy atom. The largest absolute Gasteiger partial charge is 0.399 e. The highest BCUT2D eigenvalue weighted by Gasteiger charge is 2.39. The molecule has 1 aromatic rings.